The fourth-order valence-electron chi connectivity index (χ4n) is 2.75. The number of fused-ring (bicyclic) bond motifs is 1. The van der Waals surface area contributed by atoms with E-state index in [2.05, 4.69) is 4.98 Å². The van der Waals surface area contributed by atoms with Gasteiger partial charge in [0.2, 0.25) is 5.95 Å². The molecule has 0 saturated carbocycles. The number of aliphatic hydroxyl groups is 1. The SMILES string of the molecule is OC1CCCn2c1cc(C(F)(F)F)c2-c1cccnc1F. The number of alkyl halides is 3. The zero-order valence-corrected chi connectivity index (χ0v) is 10.9. The number of aromatic nitrogens is 2. The van der Waals surface area contributed by atoms with Crippen LogP contribution >= 0.6 is 0 Å². The van der Waals surface area contributed by atoms with Gasteiger partial charge in [0.25, 0.3) is 0 Å². The van der Waals surface area contributed by atoms with E-state index in [4.69, 9.17) is 0 Å². The van der Waals surface area contributed by atoms with Gasteiger partial charge in [-0.2, -0.15) is 17.6 Å². The highest BCUT2D eigenvalue weighted by Gasteiger charge is 2.39. The maximum absolute atomic E-state index is 13.8. The van der Waals surface area contributed by atoms with Crippen molar-refractivity contribution in [1.29, 1.82) is 0 Å². The van der Waals surface area contributed by atoms with Crippen molar-refractivity contribution < 1.29 is 22.7 Å². The molecule has 1 N–H and O–H groups in total. The van der Waals surface area contributed by atoms with E-state index in [1.807, 2.05) is 0 Å². The van der Waals surface area contributed by atoms with Crippen molar-refractivity contribution in [2.24, 2.45) is 0 Å². The summed E-state index contributed by atoms with van der Waals surface area (Å²) in [6.07, 6.45) is -3.47. The average Bonchev–Trinajstić information content (AvgIpc) is 2.80. The molecule has 1 atom stereocenters. The highest BCUT2D eigenvalue weighted by molar-refractivity contribution is 5.66. The van der Waals surface area contributed by atoms with E-state index in [0.29, 0.717) is 19.4 Å². The molecule has 0 bridgehead atoms. The van der Waals surface area contributed by atoms with Crippen LogP contribution in [0.4, 0.5) is 17.6 Å². The summed E-state index contributed by atoms with van der Waals surface area (Å²) in [5, 5.41) is 9.88. The Morgan fingerprint density at radius 2 is 2.10 bits per heavy atom. The minimum Gasteiger partial charge on any atom is -0.387 e. The normalized spacial score (nSPS) is 18.6. The Morgan fingerprint density at radius 1 is 1.33 bits per heavy atom. The molecule has 3 rings (SSSR count). The lowest BCUT2D eigenvalue weighted by molar-refractivity contribution is -0.137. The Hall–Kier alpha value is -1.89. The first-order valence-electron chi connectivity index (χ1n) is 6.49. The molecule has 3 nitrogen and oxygen atoms in total. The van der Waals surface area contributed by atoms with E-state index in [1.165, 1.54) is 22.9 Å². The second kappa shape index (κ2) is 4.84. The Morgan fingerprint density at radius 3 is 2.76 bits per heavy atom. The number of nitrogens with zero attached hydrogens (tertiary/aromatic N) is 2. The van der Waals surface area contributed by atoms with E-state index >= 15 is 0 Å². The third-order valence-corrected chi connectivity index (χ3v) is 3.65. The summed E-state index contributed by atoms with van der Waals surface area (Å²) in [5.74, 6) is -0.955. The minimum absolute atomic E-state index is 0.173. The lowest BCUT2D eigenvalue weighted by Crippen LogP contribution is -2.16. The maximum Gasteiger partial charge on any atom is 0.418 e. The molecule has 1 aliphatic heterocycles. The van der Waals surface area contributed by atoms with Crippen molar-refractivity contribution in [3.63, 3.8) is 0 Å². The van der Waals surface area contributed by atoms with Crippen molar-refractivity contribution in [3.05, 3.63) is 41.6 Å². The first-order chi connectivity index (χ1) is 9.89. The molecule has 0 saturated heterocycles. The molecule has 7 heteroatoms. The maximum atomic E-state index is 13.8. The molecule has 0 aromatic carbocycles. The Kier molecular flexibility index (Phi) is 3.24. The smallest absolute Gasteiger partial charge is 0.387 e. The van der Waals surface area contributed by atoms with Gasteiger partial charge in [-0.05, 0) is 31.0 Å². The lowest BCUT2D eigenvalue weighted by atomic mass is 10.1. The summed E-state index contributed by atoms with van der Waals surface area (Å²) in [6, 6.07) is 3.56. The molecular formula is C14H12F4N2O. The van der Waals surface area contributed by atoms with Crippen molar-refractivity contribution in [3.8, 4) is 11.3 Å². The third-order valence-electron chi connectivity index (χ3n) is 3.65. The van der Waals surface area contributed by atoms with Crippen molar-refractivity contribution in [1.82, 2.24) is 9.55 Å². The molecular weight excluding hydrogens is 288 g/mol. The van der Waals surface area contributed by atoms with Crippen molar-refractivity contribution in [2.75, 3.05) is 0 Å². The number of pyridine rings is 1. The second-order valence-corrected chi connectivity index (χ2v) is 4.98. The predicted molar refractivity (Wildman–Crippen MR) is 66.8 cm³/mol. The quantitative estimate of drug-likeness (QED) is 0.646. The number of hydrogen-bond donors (Lipinski definition) is 1. The molecule has 2 aromatic heterocycles. The third kappa shape index (κ3) is 2.31. The van der Waals surface area contributed by atoms with E-state index in [1.54, 1.807) is 0 Å². The molecule has 112 valence electrons. The predicted octanol–water partition coefficient (Wildman–Crippen LogP) is 3.54. The molecule has 0 radical (unpaired) electrons. The number of aliphatic hydroxyl groups excluding tert-OH is 1. The van der Waals surface area contributed by atoms with Crippen LogP contribution in [-0.4, -0.2) is 14.7 Å². The average molecular weight is 300 g/mol. The van der Waals surface area contributed by atoms with Gasteiger partial charge < -0.3 is 9.67 Å². The summed E-state index contributed by atoms with van der Waals surface area (Å²) in [6.45, 7) is 0.312. The topological polar surface area (TPSA) is 38.0 Å². The molecule has 0 aliphatic carbocycles. The number of hydrogen-bond acceptors (Lipinski definition) is 2. The van der Waals surface area contributed by atoms with Crippen LogP contribution in [0, 0.1) is 5.95 Å². The summed E-state index contributed by atoms with van der Waals surface area (Å²) >= 11 is 0. The highest BCUT2D eigenvalue weighted by atomic mass is 19.4. The fraction of sp³-hybridized carbons (Fsp3) is 0.357. The van der Waals surface area contributed by atoms with Crippen LogP contribution in [0.25, 0.3) is 11.3 Å². The van der Waals surface area contributed by atoms with E-state index in [9.17, 15) is 22.7 Å². The van der Waals surface area contributed by atoms with Gasteiger partial charge in [-0.25, -0.2) is 4.98 Å². The van der Waals surface area contributed by atoms with Gasteiger partial charge in [0, 0.05) is 18.4 Å². The molecule has 1 aliphatic rings. The van der Waals surface area contributed by atoms with Crippen LogP contribution < -0.4 is 0 Å². The summed E-state index contributed by atoms with van der Waals surface area (Å²) < 4.78 is 54.9. The fourth-order valence-corrected chi connectivity index (χ4v) is 2.75. The minimum atomic E-state index is -4.62. The van der Waals surface area contributed by atoms with Gasteiger partial charge in [0.1, 0.15) is 0 Å². The first kappa shape index (κ1) is 14.1. The first-order valence-corrected chi connectivity index (χ1v) is 6.49. The Labute approximate surface area is 117 Å². The molecule has 1 unspecified atom stereocenters. The van der Waals surface area contributed by atoms with Crippen LogP contribution in [0.1, 0.15) is 30.2 Å². The van der Waals surface area contributed by atoms with E-state index in [-0.39, 0.29) is 17.0 Å². The van der Waals surface area contributed by atoms with Crippen LogP contribution in [0.15, 0.2) is 24.4 Å². The van der Waals surface area contributed by atoms with Crippen molar-refractivity contribution in [2.45, 2.75) is 31.7 Å². The summed E-state index contributed by atoms with van der Waals surface area (Å²) in [7, 11) is 0. The molecule has 0 fully saturated rings. The van der Waals surface area contributed by atoms with E-state index < -0.39 is 23.8 Å². The summed E-state index contributed by atoms with van der Waals surface area (Å²) in [5.41, 5.74) is -1.23. The molecule has 0 spiro atoms. The van der Waals surface area contributed by atoms with E-state index in [0.717, 1.165) is 6.07 Å². The van der Waals surface area contributed by atoms with Gasteiger partial charge in [-0.1, -0.05) is 0 Å². The highest BCUT2D eigenvalue weighted by Crippen LogP contribution is 2.43. The molecule has 0 amide bonds. The lowest BCUT2D eigenvalue weighted by Gasteiger charge is -2.22. The van der Waals surface area contributed by atoms with Gasteiger partial charge >= 0.3 is 6.18 Å². The molecule has 2 aromatic rings. The zero-order chi connectivity index (χ0) is 15.2. The van der Waals surface area contributed by atoms with Gasteiger partial charge in [-0.3, -0.25) is 0 Å². The largest absolute Gasteiger partial charge is 0.418 e. The Bertz CT molecular complexity index is 678. The molecule has 3 heterocycles. The standard InChI is InChI=1S/C14H12F4N2O/c15-13-8(3-1-5-19-13)12-9(14(16,17)18)7-10-11(21)4-2-6-20(10)12/h1,3,5,7,11,21H,2,4,6H2. The number of rotatable bonds is 1. The van der Waals surface area contributed by atoms with Gasteiger partial charge in [0.05, 0.1) is 22.9 Å². The Balaban J connectivity index is 2.30. The van der Waals surface area contributed by atoms with Gasteiger partial charge in [-0.15, -0.1) is 0 Å². The zero-order valence-electron chi connectivity index (χ0n) is 10.9. The van der Waals surface area contributed by atoms with Crippen molar-refractivity contribution >= 4 is 0 Å². The number of halogens is 4. The summed E-state index contributed by atoms with van der Waals surface area (Å²) in [4.78, 5) is 3.42. The van der Waals surface area contributed by atoms with Crippen LogP contribution in [0.3, 0.4) is 0 Å². The van der Waals surface area contributed by atoms with Crippen LogP contribution in [0.5, 0.6) is 0 Å². The molecule has 21 heavy (non-hydrogen) atoms. The van der Waals surface area contributed by atoms with Crippen LogP contribution in [-0.2, 0) is 12.7 Å². The second-order valence-electron chi connectivity index (χ2n) is 4.98. The monoisotopic (exact) mass is 300 g/mol. The van der Waals surface area contributed by atoms with Crippen LogP contribution in [0.2, 0.25) is 0 Å². The van der Waals surface area contributed by atoms with Gasteiger partial charge in [0.15, 0.2) is 0 Å².